The highest BCUT2D eigenvalue weighted by Gasteiger charge is 2.08. The Morgan fingerprint density at radius 3 is 2.55 bits per heavy atom. The van der Waals surface area contributed by atoms with Crippen molar-refractivity contribution in [2.24, 2.45) is 5.73 Å². The lowest BCUT2D eigenvalue weighted by Gasteiger charge is -2.09. The number of halogens is 1. The zero-order valence-electron chi connectivity index (χ0n) is 11.0. The molecule has 0 heterocycles. The molecule has 104 valence electrons. The Balaban J connectivity index is 2.18. The minimum absolute atomic E-state index is 0.110. The fourth-order valence-corrected chi connectivity index (χ4v) is 2.75. The maximum Gasteiger partial charge on any atom is 0.221 e. The SMILES string of the molecule is CC(=O)Nc1ccc(Sc2cccc(F)c2CN)cc1. The second-order valence-electron chi connectivity index (χ2n) is 4.23. The van der Waals surface area contributed by atoms with Crippen LogP contribution < -0.4 is 11.1 Å². The van der Waals surface area contributed by atoms with Crippen molar-refractivity contribution >= 4 is 23.4 Å². The number of amides is 1. The van der Waals surface area contributed by atoms with Gasteiger partial charge in [0.25, 0.3) is 0 Å². The summed E-state index contributed by atoms with van der Waals surface area (Å²) in [6.07, 6.45) is 0. The van der Waals surface area contributed by atoms with Crippen molar-refractivity contribution in [3.63, 3.8) is 0 Å². The molecule has 2 aromatic carbocycles. The van der Waals surface area contributed by atoms with Crippen LogP contribution in [0.4, 0.5) is 10.1 Å². The van der Waals surface area contributed by atoms with Crippen LogP contribution >= 0.6 is 11.8 Å². The van der Waals surface area contributed by atoms with Gasteiger partial charge in [0.1, 0.15) is 5.82 Å². The first-order valence-electron chi connectivity index (χ1n) is 6.13. The van der Waals surface area contributed by atoms with Gasteiger partial charge < -0.3 is 11.1 Å². The summed E-state index contributed by atoms with van der Waals surface area (Å²) in [6.45, 7) is 1.63. The van der Waals surface area contributed by atoms with Gasteiger partial charge in [-0.25, -0.2) is 4.39 Å². The van der Waals surface area contributed by atoms with E-state index >= 15 is 0 Å². The summed E-state index contributed by atoms with van der Waals surface area (Å²) in [5, 5.41) is 2.70. The van der Waals surface area contributed by atoms with Crippen LogP contribution in [0.2, 0.25) is 0 Å². The molecule has 3 N–H and O–H groups in total. The molecule has 0 atom stereocenters. The predicted octanol–water partition coefficient (Wildman–Crippen LogP) is 3.39. The van der Waals surface area contributed by atoms with Gasteiger partial charge in [-0.3, -0.25) is 4.79 Å². The van der Waals surface area contributed by atoms with E-state index in [4.69, 9.17) is 5.73 Å². The van der Waals surface area contributed by atoms with E-state index in [1.54, 1.807) is 6.07 Å². The number of benzene rings is 2. The van der Waals surface area contributed by atoms with E-state index in [0.29, 0.717) is 5.56 Å². The normalized spacial score (nSPS) is 10.3. The molecule has 0 aliphatic carbocycles. The molecular formula is C15H15FN2OS. The van der Waals surface area contributed by atoms with Gasteiger partial charge in [0.05, 0.1) is 0 Å². The summed E-state index contributed by atoms with van der Waals surface area (Å²) in [5.74, 6) is -0.395. The van der Waals surface area contributed by atoms with Crippen molar-refractivity contribution in [2.45, 2.75) is 23.3 Å². The van der Waals surface area contributed by atoms with Gasteiger partial charge >= 0.3 is 0 Å². The van der Waals surface area contributed by atoms with E-state index < -0.39 is 0 Å². The zero-order chi connectivity index (χ0) is 14.5. The van der Waals surface area contributed by atoms with E-state index in [0.717, 1.165) is 15.5 Å². The molecule has 0 bridgehead atoms. The van der Waals surface area contributed by atoms with E-state index in [1.165, 1.54) is 24.8 Å². The lowest BCUT2D eigenvalue weighted by molar-refractivity contribution is -0.114. The fraction of sp³-hybridized carbons (Fsp3) is 0.133. The molecule has 0 fully saturated rings. The number of anilines is 1. The molecule has 0 saturated heterocycles. The van der Waals surface area contributed by atoms with Gasteiger partial charge in [0.2, 0.25) is 5.91 Å². The summed E-state index contributed by atoms with van der Waals surface area (Å²) in [7, 11) is 0. The number of rotatable bonds is 4. The van der Waals surface area contributed by atoms with Crippen molar-refractivity contribution in [2.75, 3.05) is 5.32 Å². The molecule has 1 amide bonds. The van der Waals surface area contributed by atoms with Crippen molar-refractivity contribution < 1.29 is 9.18 Å². The van der Waals surface area contributed by atoms with E-state index in [2.05, 4.69) is 5.32 Å². The van der Waals surface area contributed by atoms with Crippen molar-refractivity contribution in [1.82, 2.24) is 0 Å². The average Bonchev–Trinajstić information content (AvgIpc) is 2.41. The first-order valence-corrected chi connectivity index (χ1v) is 6.95. The zero-order valence-corrected chi connectivity index (χ0v) is 11.8. The number of hydrogen-bond donors (Lipinski definition) is 2. The molecule has 2 aromatic rings. The molecule has 0 saturated carbocycles. The van der Waals surface area contributed by atoms with Crippen LogP contribution in [0.1, 0.15) is 12.5 Å². The summed E-state index contributed by atoms with van der Waals surface area (Å²) in [5.41, 5.74) is 6.84. The van der Waals surface area contributed by atoms with Crippen LogP contribution in [0.15, 0.2) is 52.3 Å². The summed E-state index contributed by atoms with van der Waals surface area (Å²) < 4.78 is 13.6. The summed E-state index contributed by atoms with van der Waals surface area (Å²) >= 11 is 1.45. The minimum atomic E-state index is -0.285. The van der Waals surface area contributed by atoms with Crippen LogP contribution in [0.25, 0.3) is 0 Å². The van der Waals surface area contributed by atoms with Crippen molar-refractivity contribution in [3.05, 3.63) is 53.8 Å². The average molecular weight is 290 g/mol. The van der Waals surface area contributed by atoms with Gasteiger partial charge in [-0.1, -0.05) is 17.8 Å². The van der Waals surface area contributed by atoms with Crippen LogP contribution in [-0.4, -0.2) is 5.91 Å². The smallest absolute Gasteiger partial charge is 0.221 e. The molecule has 5 heteroatoms. The quantitative estimate of drug-likeness (QED) is 0.907. The van der Waals surface area contributed by atoms with Crippen LogP contribution in [-0.2, 0) is 11.3 Å². The monoisotopic (exact) mass is 290 g/mol. The molecule has 2 rings (SSSR count). The third-order valence-electron chi connectivity index (χ3n) is 2.68. The third-order valence-corrected chi connectivity index (χ3v) is 3.79. The second kappa shape index (κ2) is 6.54. The highest BCUT2D eigenvalue weighted by atomic mass is 32.2. The molecule has 0 spiro atoms. The molecule has 0 aliphatic heterocycles. The first-order chi connectivity index (χ1) is 9.60. The highest BCUT2D eigenvalue weighted by Crippen LogP contribution is 2.32. The molecule has 0 aliphatic rings. The van der Waals surface area contributed by atoms with Crippen LogP contribution in [0, 0.1) is 5.82 Å². The molecule has 20 heavy (non-hydrogen) atoms. The van der Waals surface area contributed by atoms with Crippen LogP contribution in [0.3, 0.4) is 0 Å². The number of nitrogens with one attached hydrogen (secondary N) is 1. The lowest BCUT2D eigenvalue weighted by Crippen LogP contribution is -2.05. The van der Waals surface area contributed by atoms with Gasteiger partial charge in [-0.05, 0) is 36.4 Å². The van der Waals surface area contributed by atoms with Crippen molar-refractivity contribution in [1.29, 1.82) is 0 Å². The van der Waals surface area contributed by atoms with E-state index in [9.17, 15) is 9.18 Å². The Bertz CT molecular complexity index is 614. The topological polar surface area (TPSA) is 55.1 Å². The standard InChI is InChI=1S/C15H15FN2OS/c1-10(19)18-11-5-7-12(8-6-11)20-15-4-2-3-14(16)13(15)9-17/h2-8H,9,17H2,1H3,(H,18,19). The van der Waals surface area contributed by atoms with Gasteiger partial charge in [-0.2, -0.15) is 0 Å². The van der Waals surface area contributed by atoms with E-state index in [-0.39, 0.29) is 18.3 Å². The number of hydrogen-bond acceptors (Lipinski definition) is 3. The number of carbonyl (C=O) groups is 1. The third kappa shape index (κ3) is 3.59. The maximum absolute atomic E-state index is 13.6. The minimum Gasteiger partial charge on any atom is -0.326 e. The Hall–Kier alpha value is -1.85. The Morgan fingerprint density at radius 1 is 1.25 bits per heavy atom. The van der Waals surface area contributed by atoms with Crippen molar-refractivity contribution in [3.8, 4) is 0 Å². The Labute approximate surface area is 121 Å². The Kier molecular flexibility index (Phi) is 4.76. The highest BCUT2D eigenvalue weighted by molar-refractivity contribution is 7.99. The van der Waals surface area contributed by atoms with Gasteiger partial charge in [-0.15, -0.1) is 0 Å². The molecule has 0 unspecified atom stereocenters. The Morgan fingerprint density at radius 2 is 1.95 bits per heavy atom. The van der Waals surface area contributed by atoms with Crippen LogP contribution in [0.5, 0.6) is 0 Å². The van der Waals surface area contributed by atoms with Gasteiger partial charge in [0, 0.05) is 34.5 Å². The maximum atomic E-state index is 13.6. The van der Waals surface area contributed by atoms with E-state index in [1.807, 2.05) is 30.3 Å². The number of nitrogens with two attached hydrogens (primary N) is 1. The lowest BCUT2D eigenvalue weighted by atomic mass is 10.2. The molecule has 3 nitrogen and oxygen atoms in total. The predicted molar refractivity (Wildman–Crippen MR) is 79.2 cm³/mol. The van der Waals surface area contributed by atoms with Gasteiger partial charge in [0.15, 0.2) is 0 Å². The summed E-state index contributed by atoms with van der Waals surface area (Å²) in [6, 6.07) is 12.3. The number of carbonyl (C=O) groups excluding carboxylic acids is 1. The summed E-state index contributed by atoms with van der Waals surface area (Å²) in [4.78, 5) is 12.7. The largest absolute Gasteiger partial charge is 0.326 e. The molecular weight excluding hydrogens is 275 g/mol. The first kappa shape index (κ1) is 14.6. The second-order valence-corrected chi connectivity index (χ2v) is 5.34. The molecule has 0 aromatic heterocycles. The molecule has 0 radical (unpaired) electrons. The fourth-order valence-electron chi connectivity index (χ4n) is 1.77.